The first-order chi connectivity index (χ1) is 13.6. The number of imidazole rings is 2. The topological polar surface area (TPSA) is 114 Å². The highest BCUT2D eigenvalue weighted by atomic mass is 16.4. The van der Waals surface area contributed by atoms with Crippen molar-refractivity contribution in [2.24, 2.45) is 0 Å². The third-order valence-corrected chi connectivity index (χ3v) is 5.08. The van der Waals surface area contributed by atoms with E-state index in [4.69, 9.17) is 0 Å². The molecule has 0 amide bonds. The molecule has 0 bridgehead atoms. The number of aromatic nitrogens is 5. The number of aryl methyl sites for hydroxylation is 1. The van der Waals surface area contributed by atoms with E-state index in [1.807, 2.05) is 25.1 Å². The number of aromatic amines is 2. The van der Waals surface area contributed by atoms with Gasteiger partial charge in [-0.3, -0.25) is 0 Å². The summed E-state index contributed by atoms with van der Waals surface area (Å²) in [7, 11) is 0. The van der Waals surface area contributed by atoms with Crippen LogP contribution in [0.4, 0.5) is 11.8 Å². The van der Waals surface area contributed by atoms with Crippen LogP contribution in [0.3, 0.4) is 0 Å². The van der Waals surface area contributed by atoms with Gasteiger partial charge in [0.15, 0.2) is 5.65 Å². The van der Waals surface area contributed by atoms with Crippen molar-refractivity contribution < 1.29 is 9.90 Å². The summed E-state index contributed by atoms with van der Waals surface area (Å²) in [6.45, 7) is 5.04. The Labute approximate surface area is 160 Å². The minimum atomic E-state index is -0.969. The molecule has 3 aromatic heterocycles. The van der Waals surface area contributed by atoms with Crippen LogP contribution in [0.2, 0.25) is 0 Å². The molecule has 28 heavy (non-hydrogen) atoms. The van der Waals surface area contributed by atoms with E-state index in [2.05, 4.69) is 34.7 Å². The Morgan fingerprint density at radius 2 is 1.75 bits per heavy atom. The molecular formula is C19H19N7O2. The van der Waals surface area contributed by atoms with Gasteiger partial charge in [0.25, 0.3) is 0 Å². The lowest BCUT2D eigenvalue weighted by atomic mass is 10.2. The smallest absolute Gasteiger partial charge is 0.337 e. The zero-order valence-corrected chi connectivity index (χ0v) is 15.3. The van der Waals surface area contributed by atoms with Gasteiger partial charge >= 0.3 is 5.97 Å². The van der Waals surface area contributed by atoms with E-state index in [9.17, 15) is 9.90 Å². The van der Waals surface area contributed by atoms with Crippen molar-refractivity contribution in [1.82, 2.24) is 24.9 Å². The van der Waals surface area contributed by atoms with E-state index in [1.165, 1.54) is 0 Å². The zero-order valence-electron chi connectivity index (χ0n) is 15.3. The van der Waals surface area contributed by atoms with Crippen molar-refractivity contribution in [3.63, 3.8) is 0 Å². The molecule has 0 unspecified atom stereocenters. The van der Waals surface area contributed by atoms with Crippen molar-refractivity contribution in [2.75, 3.05) is 36.0 Å². The quantitative estimate of drug-likeness (QED) is 0.501. The molecule has 0 spiro atoms. The summed E-state index contributed by atoms with van der Waals surface area (Å²) < 4.78 is 0. The number of H-pyrrole nitrogens is 2. The molecule has 1 aliphatic heterocycles. The largest absolute Gasteiger partial charge is 0.478 e. The lowest BCUT2D eigenvalue weighted by Gasteiger charge is -2.35. The molecule has 0 aliphatic carbocycles. The van der Waals surface area contributed by atoms with Gasteiger partial charge in [0.05, 0.1) is 16.6 Å². The molecule has 9 nitrogen and oxygen atoms in total. The van der Waals surface area contributed by atoms with Crippen LogP contribution in [0.25, 0.3) is 22.2 Å². The number of nitrogens with one attached hydrogen (secondary N) is 2. The number of carboxylic acids is 1. The maximum absolute atomic E-state index is 11.4. The number of carboxylic acid groups (broad SMARTS) is 1. The van der Waals surface area contributed by atoms with Gasteiger partial charge in [-0.2, -0.15) is 0 Å². The minimum Gasteiger partial charge on any atom is -0.478 e. The monoisotopic (exact) mass is 377 g/mol. The molecule has 0 atom stereocenters. The number of anilines is 2. The molecule has 1 fully saturated rings. The Kier molecular flexibility index (Phi) is 3.68. The van der Waals surface area contributed by atoms with Gasteiger partial charge in [-0.05, 0) is 31.2 Å². The standard InChI is InChI=1S/C19H19N7O2/c1-11-20-14-5-6-15(23-17(14)21-11)25-7-9-26(10-8-25)19-22-13-4-2-3-12(18(27)28)16(13)24-19/h2-6H,7-10H2,1H3,(H,22,24)(H,27,28)(H,20,21,23). The SMILES string of the molecule is Cc1nc2nc(N3CCN(c4nc5c(C(=O)O)cccc5[nH]4)CC3)ccc2[nH]1. The van der Waals surface area contributed by atoms with E-state index < -0.39 is 5.97 Å². The summed E-state index contributed by atoms with van der Waals surface area (Å²) in [5.74, 6) is 1.50. The fourth-order valence-electron chi connectivity index (χ4n) is 3.67. The molecule has 0 saturated carbocycles. The average molecular weight is 377 g/mol. The normalized spacial score (nSPS) is 14.9. The van der Waals surface area contributed by atoms with Crippen LogP contribution in [-0.4, -0.2) is 62.2 Å². The highest BCUT2D eigenvalue weighted by Gasteiger charge is 2.22. The molecule has 9 heteroatoms. The number of rotatable bonds is 3. The summed E-state index contributed by atoms with van der Waals surface area (Å²) in [4.78, 5) is 35.8. The number of aromatic carboxylic acids is 1. The van der Waals surface area contributed by atoms with Crippen LogP contribution in [0.1, 0.15) is 16.2 Å². The number of pyridine rings is 1. The van der Waals surface area contributed by atoms with Crippen molar-refractivity contribution in [3.8, 4) is 0 Å². The Balaban J connectivity index is 1.35. The van der Waals surface area contributed by atoms with Gasteiger partial charge in [-0.1, -0.05) is 6.07 Å². The fourth-order valence-corrected chi connectivity index (χ4v) is 3.67. The average Bonchev–Trinajstić information content (AvgIpc) is 3.29. The number of fused-ring (bicyclic) bond motifs is 2. The number of benzene rings is 1. The van der Waals surface area contributed by atoms with Crippen LogP contribution in [-0.2, 0) is 0 Å². The van der Waals surface area contributed by atoms with Gasteiger partial charge in [0, 0.05) is 26.2 Å². The van der Waals surface area contributed by atoms with Crippen LogP contribution < -0.4 is 9.80 Å². The Morgan fingerprint density at radius 1 is 0.964 bits per heavy atom. The Morgan fingerprint density at radius 3 is 2.54 bits per heavy atom. The second-order valence-electron chi connectivity index (χ2n) is 6.90. The number of nitrogens with zero attached hydrogens (tertiary/aromatic N) is 5. The molecular weight excluding hydrogens is 358 g/mol. The maximum atomic E-state index is 11.4. The first-order valence-electron chi connectivity index (χ1n) is 9.14. The van der Waals surface area contributed by atoms with Crippen molar-refractivity contribution >= 4 is 39.9 Å². The minimum absolute atomic E-state index is 0.213. The first kappa shape index (κ1) is 16.5. The third kappa shape index (κ3) is 2.72. The number of piperazine rings is 1. The zero-order chi connectivity index (χ0) is 19.3. The molecule has 4 aromatic rings. The predicted molar refractivity (Wildman–Crippen MR) is 106 cm³/mol. The van der Waals surface area contributed by atoms with Crippen molar-refractivity contribution in [1.29, 1.82) is 0 Å². The summed E-state index contributed by atoms with van der Waals surface area (Å²) in [5, 5.41) is 9.35. The van der Waals surface area contributed by atoms with Crippen molar-refractivity contribution in [2.45, 2.75) is 6.92 Å². The van der Waals surface area contributed by atoms with Gasteiger partial charge < -0.3 is 24.9 Å². The predicted octanol–water partition coefficient (Wildman–Crippen LogP) is 2.17. The van der Waals surface area contributed by atoms with E-state index >= 15 is 0 Å². The van der Waals surface area contributed by atoms with Gasteiger partial charge in [0.1, 0.15) is 17.2 Å². The second kappa shape index (κ2) is 6.22. The molecule has 1 aliphatic rings. The summed E-state index contributed by atoms with van der Waals surface area (Å²) >= 11 is 0. The molecule has 1 aromatic carbocycles. The van der Waals surface area contributed by atoms with Gasteiger partial charge in [0.2, 0.25) is 5.95 Å². The van der Waals surface area contributed by atoms with Gasteiger partial charge in [-0.15, -0.1) is 0 Å². The van der Waals surface area contributed by atoms with E-state index in [1.54, 1.807) is 12.1 Å². The Bertz CT molecular complexity index is 1190. The molecule has 0 radical (unpaired) electrons. The van der Waals surface area contributed by atoms with Gasteiger partial charge in [-0.25, -0.2) is 19.7 Å². The van der Waals surface area contributed by atoms with E-state index in [0.29, 0.717) is 11.5 Å². The van der Waals surface area contributed by atoms with Crippen LogP contribution >= 0.6 is 0 Å². The fraction of sp³-hybridized carbons (Fsp3) is 0.263. The first-order valence-corrected chi connectivity index (χ1v) is 9.14. The van der Waals surface area contributed by atoms with Crippen LogP contribution in [0, 0.1) is 6.92 Å². The molecule has 5 rings (SSSR count). The molecule has 3 N–H and O–H groups in total. The second-order valence-corrected chi connectivity index (χ2v) is 6.90. The van der Waals surface area contributed by atoms with Crippen LogP contribution in [0.15, 0.2) is 30.3 Å². The van der Waals surface area contributed by atoms with Crippen molar-refractivity contribution in [3.05, 3.63) is 41.7 Å². The number of para-hydroxylation sites is 1. The number of carbonyl (C=O) groups is 1. The van der Waals surface area contributed by atoms with Crippen LogP contribution in [0.5, 0.6) is 0 Å². The lowest BCUT2D eigenvalue weighted by Crippen LogP contribution is -2.47. The number of hydrogen-bond donors (Lipinski definition) is 3. The highest BCUT2D eigenvalue weighted by molar-refractivity contribution is 6.01. The summed E-state index contributed by atoms with van der Waals surface area (Å²) in [6, 6.07) is 9.17. The molecule has 4 heterocycles. The lowest BCUT2D eigenvalue weighted by molar-refractivity contribution is 0.0699. The highest BCUT2D eigenvalue weighted by Crippen LogP contribution is 2.23. The molecule has 1 saturated heterocycles. The summed E-state index contributed by atoms with van der Waals surface area (Å²) in [5.41, 5.74) is 3.12. The van der Waals surface area contributed by atoms with E-state index in [-0.39, 0.29) is 5.56 Å². The van der Waals surface area contributed by atoms with E-state index in [0.717, 1.165) is 54.5 Å². The number of hydrogen-bond acceptors (Lipinski definition) is 6. The Hall–Kier alpha value is -3.62. The maximum Gasteiger partial charge on any atom is 0.337 e. The molecule has 142 valence electrons. The summed E-state index contributed by atoms with van der Waals surface area (Å²) in [6.07, 6.45) is 0. The third-order valence-electron chi connectivity index (χ3n) is 5.08.